The number of sulfonamides is 1. The molecule has 0 fully saturated rings. The van der Waals surface area contributed by atoms with E-state index in [0.717, 1.165) is 0 Å². The van der Waals surface area contributed by atoms with E-state index in [4.69, 9.17) is 9.56 Å². The van der Waals surface area contributed by atoms with Gasteiger partial charge in [-0.05, 0) is 36.4 Å². The van der Waals surface area contributed by atoms with Gasteiger partial charge in [-0.25, -0.2) is 13.6 Å². The van der Waals surface area contributed by atoms with Gasteiger partial charge in [-0.3, -0.25) is 14.9 Å². The molecule has 2 aromatic carbocycles. The summed E-state index contributed by atoms with van der Waals surface area (Å²) in [6, 6.07) is 15.8. The number of nitro benzene ring substituents is 1. The number of furan rings is 1. The molecular formula is C20H14N4O6S. The van der Waals surface area contributed by atoms with Gasteiger partial charge in [-0.1, -0.05) is 12.1 Å². The number of anilines is 1. The molecule has 0 aliphatic carbocycles. The van der Waals surface area contributed by atoms with Crippen LogP contribution in [0, 0.1) is 21.4 Å². The monoisotopic (exact) mass is 438 g/mol. The largest absolute Gasteiger partial charge is 0.457 e. The second kappa shape index (κ2) is 8.62. The molecule has 11 heteroatoms. The molecule has 1 aromatic heterocycles. The highest BCUT2D eigenvalue weighted by atomic mass is 32.2. The number of carbonyl (C=O) groups is 1. The van der Waals surface area contributed by atoms with Crippen LogP contribution in [-0.2, 0) is 14.8 Å². The van der Waals surface area contributed by atoms with Gasteiger partial charge in [-0.2, -0.15) is 5.26 Å². The number of carbonyl (C=O) groups excluding carboxylic acids is 1. The van der Waals surface area contributed by atoms with Gasteiger partial charge in [0.1, 0.15) is 23.2 Å². The number of nitriles is 1. The minimum Gasteiger partial charge on any atom is -0.457 e. The molecular weight excluding hydrogens is 424 g/mol. The van der Waals surface area contributed by atoms with Crippen molar-refractivity contribution >= 4 is 33.4 Å². The van der Waals surface area contributed by atoms with E-state index >= 15 is 0 Å². The van der Waals surface area contributed by atoms with Crippen LogP contribution in [0.25, 0.3) is 17.4 Å². The lowest BCUT2D eigenvalue weighted by atomic mass is 10.1. The second-order valence-electron chi connectivity index (χ2n) is 6.20. The number of benzene rings is 2. The first-order chi connectivity index (χ1) is 14.7. The molecule has 0 bridgehead atoms. The van der Waals surface area contributed by atoms with Crippen LogP contribution in [0.1, 0.15) is 5.76 Å². The van der Waals surface area contributed by atoms with Gasteiger partial charge in [0, 0.05) is 29.5 Å². The third-order valence-electron chi connectivity index (χ3n) is 4.06. The average Bonchev–Trinajstić information content (AvgIpc) is 3.20. The van der Waals surface area contributed by atoms with Crippen molar-refractivity contribution in [3.63, 3.8) is 0 Å². The van der Waals surface area contributed by atoms with Crippen LogP contribution in [-0.4, -0.2) is 19.2 Å². The van der Waals surface area contributed by atoms with Crippen LogP contribution in [0.4, 0.5) is 11.4 Å². The van der Waals surface area contributed by atoms with E-state index in [2.05, 4.69) is 5.32 Å². The van der Waals surface area contributed by atoms with E-state index in [-0.39, 0.29) is 27.6 Å². The Balaban J connectivity index is 1.79. The van der Waals surface area contributed by atoms with E-state index in [1.807, 2.05) is 0 Å². The standard InChI is InChI=1S/C20H14N4O6S/c21-12-14(20(25)23-15-4-7-18(8-5-15)31(22,28)29)11-17-6-9-19(30-17)13-2-1-3-16(10-13)24(26)27/h1-11H,(H,23,25)(H2,22,28,29)/b14-11+. The highest BCUT2D eigenvalue weighted by Gasteiger charge is 2.14. The summed E-state index contributed by atoms with van der Waals surface area (Å²) in [5, 5.41) is 27.7. The van der Waals surface area contributed by atoms with Crippen molar-refractivity contribution in [3.05, 3.63) is 82.1 Å². The maximum absolute atomic E-state index is 12.4. The lowest BCUT2D eigenvalue weighted by Crippen LogP contribution is -2.14. The zero-order chi connectivity index (χ0) is 22.6. The molecule has 3 aromatic rings. The lowest BCUT2D eigenvalue weighted by molar-refractivity contribution is -0.384. The van der Waals surface area contributed by atoms with Crippen LogP contribution in [0.15, 0.2) is 75.5 Å². The van der Waals surface area contributed by atoms with Crippen LogP contribution in [0.5, 0.6) is 0 Å². The number of nitrogens with one attached hydrogen (secondary N) is 1. The van der Waals surface area contributed by atoms with Crippen molar-refractivity contribution in [2.24, 2.45) is 5.14 Å². The van der Waals surface area contributed by atoms with Crippen molar-refractivity contribution in [3.8, 4) is 17.4 Å². The summed E-state index contributed by atoms with van der Waals surface area (Å²) < 4.78 is 28.1. The quantitative estimate of drug-likeness (QED) is 0.258. The van der Waals surface area contributed by atoms with Crippen molar-refractivity contribution < 1.29 is 22.6 Å². The van der Waals surface area contributed by atoms with E-state index in [0.29, 0.717) is 11.3 Å². The van der Waals surface area contributed by atoms with Gasteiger partial charge in [0.25, 0.3) is 11.6 Å². The first-order valence-electron chi connectivity index (χ1n) is 8.58. The summed E-state index contributed by atoms with van der Waals surface area (Å²) >= 11 is 0. The predicted octanol–water partition coefficient (Wildman–Crippen LogP) is 3.05. The summed E-state index contributed by atoms with van der Waals surface area (Å²) in [6.07, 6.45) is 1.22. The summed E-state index contributed by atoms with van der Waals surface area (Å²) in [5.74, 6) is -0.219. The molecule has 3 rings (SSSR count). The molecule has 0 aliphatic heterocycles. The maximum atomic E-state index is 12.4. The van der Waals surface area contributed by atoms with Gasteiger partial charge in [-0.15, -0.1) is 0 Å². The Hall–Kier alpha value is -4.27. The molecule has 1 amide bonds. The smallest absolute Gasteiger partial charge is 0.270 e. The molecule has 3 N–H and O–H groups in total. The number of nitro groups is 1. The third kappa shape index (κ3) is 5.21. The number of rotatable bonds is 6. The van der Waals surface area contributed by atoms with Crippen LogP contribution >= 0.6 is 0 Å². The van der Waals surface area contributed by atoms with E-state index in [1.54, 1.807) is 18.2 Å². The topological polar surface area (TPSA) is 169 Å². The van der Waals surface area contributed by atoms with Gasteiger partial charge in [0.2, 0.25) is 10.0 Å². The van der Waals surface area contributed by atoms with Crippen LogP contribution < -0.4 is 10.5 Å². The molecule has 0 radical (unpaired) electrons. The Labute approximate surface area is 176 Å². The Bertz CT molecular complexity index is 1330. The maximum Gasteiger partial charge on any atom is 0.270 e. The van der Waals surface area contributed by atoms with Crippen molar-refractivity contribution in [1.29, 1.82) is 5.26 Å². The molecule has 10 nitrogen and oxygen atoms in total. The van der Waals surface area contributed by atoms with Crippen molar-refractivity contribution in [1.82, 2.24) is 0 Å². The Morgan fingerprint density at radius 2 is 1.87 bits per heavy atom. The zero-order valence-electron chi connectivity index (χ0n) is 15.7. The molecule has 1 heterocycles. The highest BCUT2D eigenvalue weighted by molar-refractivity contribution is 7.89. The van der Waals surface area contributed by atoms with Crippen molar-refractivity contribution in [2.45, 2.75) is 4.90 Å². The highest BCUT2D eigenvalue weighted by Crippen LogP contribution is 2.26. The van der Waals surface area contributed by atoms with E-state index in [9.17, 15) is 28.6 Å². The molecule has 156 valence electrons. The zero-order valence-corrected chi connectivity index (χ0v) is 16.5. The van der Waals surface area contributed by atoms with E-state index < -0.39 is 20.9 Å². The second-order valence-corrected chi connectivity index (χ2v) is 7.76. The summed E-state index contributed by atoms with van der Waals surface area (Å²) in [7, 11) is -3.86. The summed E-state index contributed by atoms with van der Waals surface area (Å²) in [5.41, 5.74) is 0.356. The van der Waals surface area contributed by atoms with Crippen LogP contribution in [0.3, 0.4) is 0 Å². The summed E-state index contributed by atoms with van der Waals surface area (Å²) in [4.78, 5) is 22.6. The number of amides is 1. The fourth-order valence-corrected chi connectivity index (χ4v) is 3.09. The molecule has 0 saturated heterocycles. The SMILES string of the molecule is N#C/C(=C\c1ccc(-c2cccc([N+](=O)[O-])c2)o1)C(=O)Nc1ccc(S(N)(=O)=O)cc1. The summed E-state index contributed by atoms with van der Waals surface area (Å²) in [6.45, 7) is 0. The van der Waals surface area contributed by atoms with Gasteiger partial charge >= 0.3 is 0 Å². The first-order valence-corrected chi connectivity index (χ1v) is 10.1. The number of hydrogen-bond acceptors (Lipinski definition) is 7. The average molecular weight is 438 g/mol. The Kier molecular flexibility index (Phi) is 5.96. The number of primary sulfonamides is 1. The van der Waals surface area contributed by atoms with E-state index in [1.165, 1.54) is 54.6 Å². The third-order valence-corrected chi connectivity index (χ3v) is 4.99. The first kappa shape index (κ1) is 21.4. The number of hydrogen-bond donors (Lipinski definition) is 2. The fourth-order valence-electron chi connectivity index (χ4n) is 2.58. The Morgan fingerprint density at radius 1 is 1.16 bits per heavy atom. The lowest BCUT2D eigenvalue weighted by Gasteiger charge is -2.05. The minimum atomic E-state index is -3.86. The number of nitrogens with zero attached hydrogens (tertiary/aromatic N) is 2. The van der Waals surface area contributed by atoms with Gasteiger partial charge in [0.15, 0.2) is 0 Å². The minimum absolute atomic E-state index is 0.100. The molecule has 0 unspecified atom stereocenters. The van der Waals surface area contributed by atoms with Crippen LogP contribution in [0.2, 0.25) is 0 Å². The molecule has 0 spiro atoms. The number of non-ortho nitro benzene ring substituents is 1. The van der Waals surface area contributed by atoms with Gasteiger partial charge in [0.05, 0.1) is 9.82 Å². The normalized spacial score (nSPS) is 11.5. The molecule has 0 aliphatic rings. The molecule has 0 atom stereocenters. The number of nitrogens with two attached hydrogens (primary N) is 1. The molecule has 0 saturated carbocycles. The predicted molar refractivity (Wildman–Crippen MR) is 111 cm³/mol. The Morgan fingerprint density at radius 3 is 2.48 bits per heavy atom. The van der Waals surface area contributed by atoms with Gasteiger partial charge < -0.3 is 9.73 Å². The fraction of sp³-hybridized carbons (Fsp3) is 0. The molecule has 31 heavy (non-hydrogen) atoms. The van der Waals surface area contributed by atoms with Crippen molar-refractivity contribution in [2.75, 3.05) is 5.32 Å².